The molecule has 8 nitrogen and oxygen atoms in total. The highest BCUT2D eigenvalue weighted by molar-refractivity contribution is 7.99. The number of H-pyrrole nitrogens is 1. The van der Waals surface area contributed by atoms with Gasteiger partial charge in [0, 0.05) is 59.6 Å². The molecule has 0 spiro atoms. The van der Waals surface area contributed by atoms with Gasteiger partial charge in [0.2, 0.25) is 0 Å². The maximum Gasteiger partial charge on any atom is 0.410 e. The number of rotatable bonds is 8. The molecule has 1 aromatic carbocycles. The number of carbonyl (C=O) groups excluding carboxylic acids is 1. The van der Waals surface area contributed by atoms with E-state index in [0.717, 1.165) is 71.6 Å². The van der Waals surface area contributed by atoms with Crippen molar-refractivity contribution < 1.29 is 14.3 Å². The Bertz CT molecular complexity index is 1600. The second-order valence-electron chi connectivity index (χ2n) is 11.9. The molecular formula is C33H40N4O4S. The number of amides is 1. The molecule has 1 amide bonds. The van der Waals surface area contributed by atoms with E-state index < -0.39 is 5.60 Å². The van der Waals surface area contributed by atoms with Gasteiger partial charge in [-0.2, -0.15) is 0 Å². The van der Waals surface area contributed by atoms with Crippen LogP contribution in [0, 0.1) is 5.92 Å². The number of thioether (sulfide) groups is 1. The summed E-state index contributed by atoms with van der Waals surface area (Å²) in [6.45, 7) is 9.31. The summed E-state index contributed by atoms with van der Waals surface area (Å²) in [5.74, 6) is 2.90. The molecule has 4 aromatic rings. The zero-order valence-corrected chi connectivity index (χ0v) is 25.9. The fourth-order valence-corrected chi connectivity index (χ4v) is 6.08. The molecule has 1 fully saturated rings. The van der Waals surface area contributed by atoms with Crippen molar-refractivity contribution >= 4 is 28.8 Å². The standard InChI is InChI=1S/C33H40N4O4S/c1-6-42-25-11-12-29(27(19-25)28-21-36(5)31(38)30-26(28)13-16-34-30)40-24-10-9-23(35-20-24)8-7-22-14-17-37(18-15-22)32(39)41-33(2,3)4/h9-13,16,19-22,34H,6-8,14-15,17-18H2,1-5H3. The molecule has 0 radical (unpaired) electrons. The molecule has 42 heavy (non-hydrogen) atoms. The Morgan fingerprint density at radius 1 is 1.12 bits per heavy atom. The van der Waals surface area contributed by atoms with Crippen molar-refractivity contribution in [3.8, 4) is 22.6 Å². The van der Waals surface area contributed by atoms with Crippen LogP contribution in [-0.4, -0.2) is 50.0 Å². The SMILES string of the molecule is CCSc1ccc(Oc2ccc(CCC3CCN(C(=O)OC(C)(C)C)CC3)nc2)c(-c2cn(C)c(=O)c3[nH]ccc23)c1. The van der Waals surface area contributed by atoms with Gasteiger partial charge in [-0.3, -0.25) is 9.78 Å². The predicted molar refractivity (Wildman–Crippen MR) is 169 cm³/mol. The fraction of sp³-hybridized carbons (Fsp3) is 0.424. The Kier molecular flexibility index (Phi) is 8.96. The Hall–Kier alpha value is -3.72. The van der Waals surface area contributed by atoms with Gasteiger partial charge in [0.1, 0.15) is 22.6 Å². The number of aromatic amines is 1. The van der Waals surface area contributed by atoms with Gasteiger partial charge in [-0.05, 0) is 94.5 Å². The highest BCUT2D eigenvalue weighted by atomic mass is 32.2. The average molecular weight is 589 g/mol. The van der Waals surface area contributed by atoms with Gasteiger partial charge in [0.05, 0.1) is 6.20 Å². The number of nitrogens with zero attached hydrogens (tertiary/aromatic N) is 3. The molecule has 4 heterocycles. The van der Waals surface area contributed by atoms with Crippen LogP contribution in [-0.2, 0) is 18.2 Å². The van der Waals surface area contributed by atoms with E-state index in [1.807, 2.05) is 56.1 Å². The van der Waals surface area contributed by atoms with Crippen molar-refractivity contribution in [2.45, 2.75) is 63.9 Å². The number of pyridine rings is 2. The molecule has 0 unspecified atom stereocenters. The number of aryl methyl sites for hydroxylation is 2. The summed E-state index contributed by atoms with van der Waals surface area (Å²) in [7, 11) is 1.77. The maximum atomic E-state index is 12.7. The first-order chi connectivity index (χ1) is 20.1. The number of likely N-dealkylation sites (tertiary alicyclic amines) is 1. The lowest BCUT2D eigenvalue weighted by atomic mass is 9.91. The van der Waals surface area contributed by atoms with Crippen molar-refractivity contribution in [3.63, 3.8) is 0 Å². The fourth-order valence-electron chi connectivity index (χ4n) is 5.38. The van der Waals surface area contributed by atoms with E-state index >= 15 is 0 Å². The van der Waals surface area contributed by atoms with Crippen LogP contribution < -0.4 is 10.3 Å². The van der Waals surface area contributed by atoms with Gasteiger partial charge in [-0.1, -0.05) is 6.92 Å². The number of nitrogens with one attached hydrogen (secondary N) is 1. The summed E-state index contributed by atoms with van der Waals surface area (Å²) in [4.78, 5) is 35.8. The summed E-state index contributed by atoms with van der Waals surface area (Å²) in [5.41, 5.74) is 2.94. The van der Waals surface area contributed by atoms with Crippen molar-refractivity contribution in [1.29, 1.82) is 0 Å². The molecule has 9 heteroatoms. The zero-order chi connectivity index (χ0) is 29.9. The Morgan fingerprint density at radius 2 is 1.90 bits per heavy atom. The lowest BCUT2D eigenvalue weighted by Crippen LogP contribution is -2.41. The van der Waals surface area contributed by atoms with E-state index in [-0.39, 0.29) is 11.7 Å². The van der Waals surface area contributed by atoms with Crippen LogP contribution in [0.1, 0.15) is 52.7 Å². The van der Waals surface area contributed by atoms with Crippen molar-refractivity contribution in [1.82, 2.24) is 19.4 Å². The highest BCUT2D eigenvalue weighted by Crippen LogP contribution is 2.39. The van der Waals surface area contributed by atoms with Crippen LogP contribution in [0.5, 0.6) is 11.5 Å². The lowest BCUT2D eigenvalue weighted by molar-refractivity contribution is 0.0181. The van der Waals surface area contributed by atoms with Gasteiger partial charge in [0.15, 0.2) is 0 Å². The van der Waals surface area contributed by atoms with E-state index in [0.29, 0.717) is 22.9 Å². The Balaban J connectivity index is 1.25. The summed E-state index contributed by atoms with van der Waals surface area (Å²) in [5, 5.41) is 0.868. The first-order valence-electron chi connectivity index (χ1n) is 14.7. The number of hydrogen-bond donors (Lipinski definition) is 1. The van der Waals surface area contributed by atoms with Crippen molar-refractivity contribution in [2.24, 2.45) is 13.0 Å². The highest BCUT2D eigenvalue weighted by Gasteiger charge is 2.26. The first-order valence-corrected chi connectivity index (χ1v) is 15.6. The quantitative estimate of drug-likeness (QED) is 0.216. The molecular weight excluding hydrogens is 548 g/mol. The van der Waals surface area contributed by atoms with Gasteiger partial charge in [-0.25, -0.2) is 4.79 Å². The smallest absolute Gasteiger partial charge is 0.410 e. The summed E-state index contributed by atoms with van der Waals surface area (Å²) in [6, 6.07) is 12.1. The van der Waals surface area contributed by atoms with E-state index in [1.165, 1.54) is 0 Å². The molecule has 1 aliphatic rings. The summed E-state index contributed by atoms with van der Waals surface area (Å²) in [6.07, 6.45) is 9.13. The number of benzene rings is 1. The van der Waals surface area contributed by atoms with E-state index in [9.17, 15) is 9.59 Å². The third-order valence-corrected chi connectivity index (χ3v) is 8.42. The lowest BCUT2D eigenvalue weighted by Gasteiger charge is -2.33. The molecule has 0 bridgehead atoms. The van der Waals surface area contributed by atoms with E-state index in [2.05, 4.69) is 24.0 Å². The molecule has 1 N–H and O–H groups in total. The van der Waals surface area contributed by atoms with E-state index in [1.54, 1.807) is 35.8 Å². The topological polar surface area (TPSA) is 89.4 Å². The normalized spacial score (nSPS) is 14.4. The number of hydrogen-bond acceptors (Lipinski definition) is 6. The molecule has 0 saturated carbocycles. The van der Waals surface area contributed by atoms with Crippen LogP contribution in [0.25, 0.3) is 22.0 Å². The van der Waals surface area contributed by atoms with Crippen LogP contribution in [0.15, 0.2) is 64.7 Å². The molecule has 1 saturated heterocycles. The summed E-state index contributed by atoms with van der Waals surface area (Å²) < 4.78 is 13.5. The molecule has 1 aliphatic heterocycles. The van der Waals surface area contributed by atoms with Gasteiger partial charge < -0.3 is 23.9 Å². The second-order valence-corrected chi connectivity index (χ2v) is 13.2. The number of piperidine rings is 1. The minimum atomic E-state index is -0.467. The zero-order valence-electron chi connectivity index (χ0n) is 25.1. The third kappa shape index (κ3) is 7.01. The van der Waals surface area contributed by atoms with Crippen LogP contribution in [0.3, 0.4) is 0 Å². The second kappa shape index (κ2) is 12.7. The number of aromatic nitrogens is 3. The third-order valence-electron chi connectivity index (χ3n) is 7.55. The van der Waals surface area contributed by atoms with E-state index in [4.69, 9.17) is 14.5 Å². The average Bonchev–Trinajstić information content (AvgIpc) is 3.45. The monoisotopic (exact) mass is 588 g/mol. The molecule has 222 valence electrons. The minimum absolute atomic E-state index is 0.0614. The molecule has 0 atom stereocenters. The van der Waals surface area contributed by atoms with Crippen LogP contribution in [0.2, 0.25) is 0 Å². The predicted octanol–water partition coefficient (Wildman–Crippen LogP) is 7.41. The number of ether oxygens (including phenoxy) is 2. The minimum Gasteiger partial charge on any atom is -0.455 e. The first kappa shape index (κ1) is 29.8. The molecule has 0 aliphatic carbocycles. The number of fused-ring (bicyclic) bond motifs is 1. The largest absolute Gasteiger partial charge is 0.455 e. The molecule has 3 aromatic heterocycles. The van der Waals surface area contributed by atoms with Gasteiger partial charge in [0.25, 0.3) is 5.56 Å². The Morgan fingerprint density at radius 3 is 2.60 bits per heavy atom. The maximum absolute atomic E-state index is 12.7. The van der Waals surface area contributed by atoms with Gasteiger partial charge >= 0.3 is 6.09 Å². The summed E-state index contributed by atoms with van der Waals surface area (Å²) >= 11 is 1.77. The number of carbonyl (C=O) groups is 1. The Labute approximate surface area is 251 Å². The molecule has 5 rings (SSSR count). The van der Waals surface area contributed by atoms with Crippen molar-refractivity contribution in [3.05, 3.63) is 71.0 Å². The van der Waals surface area contributed by atoms with Gasteiger partial charge in [-0.15, -0.1) is 11.8 Å². The van der Waals surface area contributed by atoms with Crippen LogP contribution >= 0.6 is 11.8 Å². The van der Waals surface area contributed by atoms with Crippen LogP contribution in [0.4, 0.5) is 4.79 Å². The van der Waals surface area contributed by atoms with Crippen molar-refractivity contribution in [2.75, 3.05) is 18.8 Å².